The average molecular weight is 205 g/mol. The zero-order chi connectivity index (χ0) is 10.3. The molecule has 3 rings (SSSR count). The summed E-state index contributed by atoms with van der Waals surface area (Å²) in [7, 11) is 0. The van der Waals surface area contributed by atoms with Crippen LogP contribution in [0.1, 0.15) is 24.3 Å². The topological polar surface area (TPSA) is 12.0 Å². The Balaban J connectivity index is 1.82. The fourth-order valence-electron chi connectivity index (χ4n) is 3.23. The molecule has 1 aromatic rings. The molecule has 0 amide bonds. The second-order valence-corrected chi connectivity index (χ2v) is 4.87. The van der Waals surface area contributed by atoms with Gasteiger partial charge >= 0.3 is 0 Å². The summed E-state index contributed by atoms with van der Waals surface area (Å²) in [5, 5.41) is 3.42. The van der Waals surface area contributed by atoms with E-state index in [2.05, 4.69) is 5.32 Å². The van der Waals surface area contributed by atoms with Crippen molar-refractivity contribution in [3.63, 3.8) is 0 Å². The SMILES string of the molecule is Fc1ccccc1C1C[C@H]2CNC[C@@H]2C1. The van der Waals surface area contributed by atoms with Crippen LogP contribution in [0.15, 0.2) is 24.3 Å². The molecule has 2 aliphatic rings. The molecule has 1 saturated carbocycles. The Morgan fingerprint density at radius 3 is 2.40 bits per heavy atom. The molecule has 0 aromatic heterocycles. The molecule has 1 nitrogen and oxygen atoms in total. The molecule has 15 heavy (non-hydrogen) atoms. The maximum atomic E-state index is 13.6. The van der Waals surface area contributed by atoms with Gasteiger partial charge in [0.15, 0.2) is 0 Å². The maximum Gasteiger partial charge on any atom is 0.126 e. The third-order valence-electron chi connectivity index (χ3n) is 4.00. The number of halogens is 1. The normalized spacial score (nSPS) is 30.7. The van der Waals surface area contributed by atoms with Gasteiger partial charge in [-0.25, -0.2) is 4.39 Å². The van der Waals surface area contributed by atoms with Crippen LogP contribution in [0, 0.1) is 17.7 Å². The van der Waals surface area contributed by atoms with Crippen LogP contribution < -0.4 is 5.32 Å². The summed E-state index contributed by atoms with van der Waals surface area (Å²) in [6.45, 7) is 2.27. The lowest BCUT2D eigenvalue weighted by molar-refractivity contribution is 0.494. The van der Waals surface area contributed by atoms with Crippen molar-refractivity contribution in [1.29, 1.82) is 0 Å². The number of hydrogen-bond acceptors (Lipinski definition) is 1. The van der Waals surface area contributed by atoms with E-state index in [4.69, 9.17) is 0 Å². The van der Waals surface area contributed by atoms with Crippen LogP contribution >= 0.6 is 0 Å². The monoisotopic (exact) mass is 205 g/mol. The lowest BCUT2D eigenvalue weighted by Crippen LogP contribution is -2.11. The van der Waals surface area contributed by atoms with Gasteiger partial charge < -0.3 is 5.32 Å². The van der Waals surface area contributed by atoms with Crippen molar-refractivity contribution >= 4 is 0 Å². The van der Waals surface area contributed by atoms with Gasteiger partial charge in [-0.1, -0.05) is 18.2 Å². The van der Waals surface area contributed by atoms with Crippen molar-refractivity contribution in [2.45, 2.75) is 18.8 Å². The first kappa shape index (κ1) is 9.34. The van der Waals surface area contributed by atoms with Gasteiger partial charge in [-0.3, -0.25) is 0 Å². The minimum absolute atomic E-state index is 0.0181. The molecule has 2 fully saturated rings. The van der Waals surface area contributed by atoms with Crippen molar-refractivity contribution in [2.24, 2.45) is 11.8 Å². The quantitative estimate of drug-likeness (QED) is 0.743. The van der Waals surface area contributed by atoms with Gasteiger partial charge in [-0.15, -0.1) is 0 Å². The van der Waals surface area contributed by atoms with Gasteiger partial charge in [0.05, 0.1) is 0 Å². The van der Waals surface area contributed by atoms with E-state index >= 15 is 0 Å². The first-order valence-corrected chi connectivity index (χ1v) is 5.79. The summed E-state index contributed by atoms with van der Waals surface area (Å²) < 4.78 is 13.6. The van der Waals surface area contributed by atoms with Gasteiger partial charge in [0.2, 0.25) is 0 Å². The van der Waals surface area contributed by atoms with E-state index in [9.17, 15) is 4.39 Å². The van der Waals surface area contributed by atoms with Crippen LogP contribution in [0.25, 0.3) is 0 Å². The summed E-state index contributed by atoms with van der Waals surface area (Å²) in [6, 6.07) is 7.26. The Bertz CT molecular complexity index is 351. The molecular weight excluding hydrogens is 189 g/mol. The van der Waals surface area contributed by atoms with Crippen molar-refractivity contribution in [1.82, 2.24) is 5.32 Å². The van der Waals surface area contributed by atoms with Gasteiger partial charge in [0.25, 0.3) is 0 Å². The van der Waals surface area contributed by atoms with Gasteiger partial charge in [-0.2, -0.15) is 0 Å². The highest BCUT2D eigenvalue weighted by Gasteiger charge is 2.38. The first-order valence-electron chi connectivity index (χ1n) is 5.79. The number of fused-ring (bicyclic) bond motifs is 1. The zero-order valence-corrected chi connectivity index (χ0v) is 8.75. The fourth-order valence-corrected chi connectivity index (χ4v) is 3.23. The second-order valence-electron chi connectivity index (χ2n) is 4.87. The third kappa shape index (κ3) is 1.57. The second kappa shape index (κ2) is 3.60. The molecular formula is C13H16FN. The van der Waals surface area contributed by atoms with E-state index in [1.54, 1.807) is 12.1 Å². The first-order chi connectivity index (χ1) is 7.34. The molecule has 1 heterocycles. The summed E-state index contributed by atoms with van der Waals surface area (Å²) >= 11 is 0. The van der Waals surface area contributed by atoms with E-state index in [1.807, 2.05) is 12.1 Å². The van der Waals surface area contributed by atoms with Gasteiger partial charge in [0.1, 0.15) is 5.82 Å². The summed E-state index contributed by atoms with van der Waals surface area (Å²) in [5.74, 6) is 2.02. The standard InChI is InChI=1S/C13H16FN/c14-13-4-2-1-3-12(13)9-5-10-7-15-8-11(10)6-9/h1-4,9-11,15H,5-8H2/t10-,11-/m0/s1. The molecule has 2 heteroatoms. The molecule has 1 aliphatic heterocycles. The van der Waals surface area contributed by atoms with E-state index in [-0.39, 0.29) is 5.82 Å². The van der Waals surface area contributed by atoms with Crippen LogP contribution in [-0.4, -0.2) is 13.1 Å². The molecule has 0 radical (unpaired) electrons. The smallest absolute Gasteiger partial charge is 0.126 e. The molecule has 80 valence electrons. The Morgan fingerprint density at radius 1 is 1.07 bits per heavy atom. The third-order valence-corrected chi connectivity index (χ3v) is 4.00. The summed E-state index contributed by atoms with van der Waals surface area (Å²) in [5.41, 5.74) is 0.937. The van der Waals surface area contributed by atoms with Gasteiger partial charge in [0, 0.05) is 0 Å². The number of benzene rings is 1. The van der Waals surface area contributed by atoms with E-state index in [1.165, 1.54) is 12.8 Å². The average Bonchev–Trinajstić information content (AvgIpc) is 2.77. The van der Waals surface area contributed by atoms with E-state index < -0.39 is 0 Å². The van der Waals surface area contributed by atoms with Crippen molar-refractivity contribution in [3.8, 4) is 0 Å². The summed E-state index contributed by atoms with van der Waals surface area (Å²) in [6.07, 6.45) is 2.33. The van der Waals surface area contributed by atoms with Gasteiger partial charge in [-0.05, 0) is 55.3 Å². The molecule has 0 unspecified atom stereocenters. The minimum atomic E-state index is -0.0181. The molecule has 2 atom stereocenters. The highest BCUT2D eigenvalue weighted by Crippen LogP contribution is 2.44. The lowest BCUT2D eigenvalue weighted by Gasteiger charge is -2.12. The van der Waals surface area contributed by atoms with Crippen molar-refractivity contribution in [2.75, 3.05) is 13.1 Å². The molecule has 0 bridgehead atoms. The number of nitrogens with one attached hydrogen (secondary N) is 1. The molecule has 1 aliphatic carbocycles. The fraction of sp³-hybridized carbons (Fsp3) is 0.538. The maximum absolute atomic E-state index is 13.6. The predicted molar refractivity (Wildman–Crippen MR) is 58.2 cm³/mol. The largest absolute Gasteiger partial charge is 0.316 e. The highest BCUT2D eigenvalue weighted by molar-refractivity contribution is 5.23. The number of rotatable bonds is 1. The summed E-state index contributed by atoms with van der Waals surface area (Å²) in [4.78, 5) is 0. The molecule has 1 N–H and O–H groups in total. The highest BCUT2D eigenvalue weighted by atomic mass is 19.1. The van der Waals surface area contributed by atoms with E-state index in [0.717, 1.165) is 30.5 Å². The Labute approximate surface area is 89.7 Å². The van der Waals surface area contributed by atoms with Crippen molar-refractivity contribution in [3.05, 3.63) is 35.6 Å². The van der Waals surface area contributed by atoms with E-state index in [0.29, 0.717) is 5.92 Å². The van der Waals surface area contributed by atoms with Crippen LogP contribution in [-0.2, 0) is 0 Å². The Kier molecular flexibility index (Phi) is 2.24. The molecule has 1 saturated heterocycles. The predicted octanol–water partition coefficient (Wildman–Crippen LogP) is 2.54. The minimum Gasteiger partial charge on any atom is -0.316 e. The molecule has 0 spiro atoms. The van der Waals surface area contributed by atoms with Crippen LogP contribution in [0.2, 0.25) is 0 Å². The van der Waals surface area contributed by atoms with Crippen LogP contribution in [0.3, 0.4) is 0 Å². The lowest BCUT2D eigenvalue weighted by atomic mass is 9.95. The molecule has 1 aromatic carbocycles. The van der Waals surface area contributed by atoms with Crippen LogP contribution in [0.5, 0.6) is 0 Å². The zero-order valence-electron chi connectivity index (χ0n) is 8.75. The van der Waals surface area contributed by atoms with Crippen molar-refractivity contribution < 1.29 is 4.39 Å². The Hall–Kier alpha value is -0.890. The van der Waals surface area contributed by atoms with Crippen LogP contribution in [0.4, 0.5) is 4.39 Å². The Morgan fingerprint density at radius 2 is 1.73 bits per heavy atom. The number of hydrogen-bond donors (Lipinski definition) is 1.